The molecule has 0 radical (unpaired) electrons. The van der Waals surface area contributed by atoms with Crippen molar-refractivity contribution in [1.29, 1.82) is 0 Å². The molecule has 0 aliphatic rings. The quantitative estimate of drug-likeness (QED) is 0.614. The molecule has 0 heterocycles. The average Bonchev–Trinajstić information content (AvgIpc) is 2.03. The van der Waals surface area contributed by atoms with Gasteiger partial charge in [0.1, 0.15) is 5.82 Å². The van der Waals surface area contributed by atoms with Crippen molar-refractivity contribution in [3.05, 3.63) is 29.6 Å². The third-order valence-electron chi connectivity index (χ3n) is 1.58. The van der Waals surface area contributed by atoms with Crippen LogP contribution in [0.2, 0.25) is 0 Å². The summed E-state index contributed by atoms with van der Waals surface area (Å²) < 4.78 is 12.8. The Bertz CT molecular complexity index is 223. The highest BCUT2D eigenvalue weighted by molar-refractivity contribution is 7.98. The average molecular weight is 170 g/mol. The van der Waals surface area contributed by atoms with Gasteiger partial charge < -0.3 is 0 Å². The molecule has 0 bridgehead atoms. The van der Waals surface area contributed by atoms with E-state index in [1.807, 2.05) is 19.2 Å². The molecule has 0 nitrogen and oxygen atoms in total. The highest BCUT2D eigenvalue weighted by atomic mass is 32.2. The van der Waals surface area contributed by atoms with Gasteiger partial charge in [-0.05, 0) is 36.4 Å². The smallest absolute Gasteiger partial charge is 0.124 e. The van der Waals surface area contributed by atoms with Crippen molar-refractivity contribution in [3.63, 3.8) is 0 Å². The standard InChI is InChI=1S/C9H11FS/c1-3-7-4-8(10)6-9(5-7)11-2/h4-6H,3H2,1-2H3. The fourth-order valence-corrected chi connectivity index (χ4v) is 1.44. The fourth-order valence-electron chi connectivity index (χ4n) is 0.943. The lowest BCUT2D eigenvalue weighted by Gasteiger charge is -2.00. The topological polar surface area (TPSA) is 0 Å². The maximum absolute atomic E-state index is 12.8. The minimum atomic E-state index is -0.131. The van der Waals surface area contributed by atoms with Gasteiger partial charge >= 0.3 is 0 Å². The van der Waals surface area contributed by atoms with Gasteiger partial charge in [0, 0.05) is 4.90 Å². The summed E-state index contributed by atoms with van der Waals surface area (Å²) in [6.45, 7) is 2.03. The number of hydrogen-bond donors (Lipinski definition) is 0. The van der Waals surface area contributed by atoms with Gasteiger partial charge in [0.05, 0.1) is 0 Å². The lowest BCUT2D eigenvalue weighted by atomic mass is 10.2. The molecule has 0 aromatic heterocycles. The molecule has 0 aliphatic carbocycles. The van der Waals surface area contributed by atoms with Gasteiger partial charge in [0.15, 0.2) is 0 Å². The molecule has 0 aliphatic heterocycles. The zero-order valence-corrected chi connectivity index (χ0v) is 7.54. The third kappa shape index (κ3) is 2.22. The SMILES string of the molecule is CCc1cc(F)cc(SC)c1. The van der Waals surface area contributed by atoms with Crippen LogP contribution < -0.4 is 0 Å². The molecule has 1 rings (SSSR count). The number of benzene rings is 1. The minimum Gasteiger partial charge on any atom is -0.207 e. The van der Waals surface area contributed by atoms with Crippen molar-refractivity contribution >= 4 is 11.8 Å². The predicted octanol–water partition coefficient (Wildman–Crippen LogP) is 3.11. The van der Waals surface area contributed by atoms with E-state index in [1.54, 1.807) is 23.9 Å². The first-order valence-corrected chi connectivity index (χ1v) is 4.82. The number of halogens is 1. The Hall–Kier alpha value is -0.500. The van der Waals surface area contributed by atoms with Gasteiger partial charge in [-0.15, -0.1) is 11.8 Å². The van der Waals surface area contributed by atoms with Crippen LogP contribution in [0.5, 0.6) is 0 Å². The van der Waals surface area contributed by atoms with Crippen LogP contribution >= 0.6 is 11.8 Å². The van der Waals surface area contributed by atoms with E-state index >= 15 is 0 Å². The van der Waals surface area contributed by atoms with Crippen LogP contribution in [0.3, 0.4) is 0 Å². The second-order valence-corrected chi connectivity index (χ2v) is 3.23. The summed E-state index contributed by atoms with van der Waals surface area (Å²) in [5.41, 5.74) is 1.06. The number of aryl methyl sites for hydroxylation is 1. The Morgan fingerprint density at radius 3 is 2.64 bits per heavy atom. The monoisotopic (exact) mass is 170 g/mol. The Morgan fingerprint density at radius 2 is 2.09 bits per heavy atom. The van der Waals surface area contributed by atoms with E-state index in [-0.39, 0.29) is 5.82 Å². The largest absolute Gasteiger partial charge is 0.207 e. The van der Waals surface area contributed by atoms with Crippen LogP contribution in [0.25, 0.3) is 0 Å². The highest BCUT2D eigenvalue weighted by Crippen LogP contribution is 2.18. The molecule has 0 unspecified atom stereocenters. The molecular formula is C9H11FS. The van der Waals surface area contributed by atoms with Gasteiger partial charge in [-0.25, -0.2) is 4.39 Å². The molecule has 1 aromatic carbocycles. The van der Waals surface area contributed by atoms with Gasteiger partial charge in [0.25, 0.3) is 0 Å². The molecule has 11 heavy (non-hydrogen) atoms. The van der Waals surface area contributed by atoms with E-state index in [0.717, 1.165) is 16.9 Å². The van der Waals surface area contributed by atoms with E-state index in [4.69, 9.17) is 0 Å². The molecule has 2 heteroatoms. The van der Waals surface area contributed by atoms with Crippen molar-refractivity contribution in [2.24, 2.45) is 0 Å². The van der Waals surface area contributed by atoms with Crippen LogP contribution in [0, 0.1) is 5.82 Å². The number of thioether (sulfide) groups is 1. The fraction of sp³-hybridized carbons (Fsp3) is 0.333. The van der Waals surface area contributed by atoms with Crippen LogP contribution in [0.15, 0.2) is 23.1 Å². The predicted molar refractivity (Wildman–Crippen MR) is 47.6 cm³/mol. The van der Waals surface area contributed by atoms with E-state index < -0.39 is 0 Å². The molecule has 1 aromatic rings. The van der Waals surface area contributed by atoms with Crippen molar-refractivity contribution in [3.8, 4) is 0 Å². The Balaban J connectivity index is 3.02. The van der Waals surface area contributed by atoms with Gasteiger partial charge in [-0.2, -0.15) is 0 Å². The van der Waals surface area contributed by atoms with Crippen LogP contribution in [0.4, 0.5) is 4.39 Å². The summed E-state index contributed by atoms with van der Waals surface area (Å²) in [4.78, 5) is 1.00. The van der Waals surface area contributed by atoms with E-state index in [1.165, 1.54) is 0 Å². The van der Waals surface area contributed by atoms with E-state index in [0.29, 0.717) is 0 Å². The molecule has 0 saturated carbocycles. The van der Waals surface area contributed by atoms with Gasteiger partial charge in [-0.3, -0.25) is 0 Å². The summed E-state index contributed by atoms with van der Waals surface area (Å²) in [5, 5.41) is 0. The first-order chi connectivity index (χ1) is 5.26. The van der Waals surface area contributed by atoms with Gasteiger partial charge in [-0.1, -0.05) is 6.92 Å². The summed E-state index contributed by atoms with van der Waals surface area (Å²) in [6, 6.07) is 5.16. The molecule has 60 valence electrons. The molecule has 0 amide bonds. The Kier molecular flexibility index (Phi) is 2.94. The Labute approximate surface area is 70.8 Å². The van der Waals surface area contributed by atoms with Crippen molar-refractivity contribution in [2.75, 3.05) is 6.26 Å². The zero-order chi connectivity index (χ0) is 8.27. The van der Waals surface area contributed by atoms with Gasteiger partial charge in [0.2, 0.25) is 0 Å². The first-order valence-electron chi connectivity index (χ1n) is 3.59. The lowest BCUT2D eigenvalue weighted by molar-refractivity contribution is 0.622. The van der Waals surface area contributed by atoms with E-state index in [2.05, 4.69) is 0 Å². The van der Waals surface area contributed by atoms with Crippen LogP contribution in [-0.4, -0.2) is 6.26 Å². The Morgan fingerprint density at radius 1 is 1.36 bits per heavy atom. The van der Waals surface area contributed by atoms with Crippen molar-refractivity contribution in [2.45, 2.75) is 18.2 Å². The van der Waals surface area contributed by atoms with E-state index in [9.17, 15) is 4.39 Å². The lowest BCUT2D eigenvalue weighted by Crippen LogP contribution is -1.83. The first kappa shape index (κ1) is 8.60. The molecule has 0 saturated heterocycles. The molecule has 0 spiro atoms. The summed E-state index contributed by atoms with van der Waals surface area (Å²) in [7, 11) is 0. The second kappa shape index (κ2) is 3.77. The van der Waals surface area contributed by atoms with Crippen LogP contribution in [0.1, 0.15) is 12.5 Å². The summed E-state index contributed by atoms with van der Waals surface area (Å²) in [6.07, 6.45) is 2.85. The molecule has 0 N–H and O–H groups in total. The summed E-state index contributed by atoms with van der Waals surface area (Å²) in [5.74, 6) is -0.131. The summed E-state index contributed by atoms with van der Waals surface area (Å²) >= 11 is 1.57. The normalized spacial score (nSPS) is 10.1. The van der Waals surface area contributed by atoms with Crippen molar-refractivity contribution < 1.29 is 4.39 Å². The molecular weight excluding hydrogens is 159 g/mol. The van der Waals surface area contributed by atoms with Crippen molar-refractivity contribution in [1.82, 2.24) is 0 Å². The highest BCUT2D eigenvalue weighted by Gasteiger charge is 1.97. The zero-order valence-electron chi connectivity index (χ0n) is 6.73. The second-order valence-electron chi connectivity index (χ2n) is 2.35. The minimum absolute atomic E-state index is 0.131. The maximum atomic E-state index is 12.8. The number of rotatable bonds is 2. The maximum Gasteiger partial charge on any atom is 0.124 e. The van der Waals surface area contributed by atoms with Crippen LogP contribution in [-0.2, 0) is 6.42 Å². The number of hydrogen-bond acceptors (Lipinski definition) is 1. The molecule has 0 fully saturated rings. The molecule has 0 atom stereocenters. The third-order valence-corrected chi connectivity index (χ3v) is 2.28.